The Hall–Kier alpha value is -1.44. The van der Waals surface area contributed by atoms with Gasteiger partial charge in [0, 0.05) is 0 Å². The summed E-state index contributed by atoms with van der Waals surface area (Å²) in [6.45, 7) is 0.886. The Kier molecular flexibility index (Phi) is 4.34. The van der Waals surface area contributed by atoms with Gasteiger partial charge in [0.25, 0.3) is 0 Å². The standard InChI is InChI=1S/C11H10F6O2/c1-6(18)5-19-9-3-7(10(12,13)14)2-8(4-9)11(15,16)17/h2-4,6,18H,5H2,1H3. The van der Waals surface area contributed by atoms with Crippen LogP contribution in [0.4, 0.5) is 26.3 Å². The first-order valence-corrected chi connectivity index (χ1v) is 5.10. The van der Waals surface area contributed by atoms with Crippen molar-refractivity contribution < 1.29 is 36.2 Å². The Morgan fingerprint density at radius 2 is 1.42 bits per heavy atom. The maximum Gasteiger partial charge on any atom is 0.416 e. The van der Waals surface area contributed by atoms with Crippen molar-refractivity contribution in [3.05, 3.63) is 29.3 Å². The Balaban J connectivity index is 3.17. The van der Waals surface area contributed by atoms with Crippen LogP contribution in [0.25, 0.3) is 0 Å². The van der Waals surface area contributed by atoms with Gasteiger partial charge in [0.2, 0.25) is 0 Å². The zero-order chi connectivity index (χ0) is 14.8. The largest absolute Gasteiger partial charge is 0.491 e. The highest BCUT2D eigenvalue weighted by Crippen LogP contribution is 2.38. The molecule has 0 saturated carbocycles. The average molecular weight is 288 g/mol. The molecule has 1 rings (SSSR count). The van der Waals surface area contributed by atoms with Crippen LogP contribution in [0.2, 0.25) is 0 Å². The summed E-state index contributed by atoms with van der Waals surface area (Å²) in [4.78, 5) is 0. The van der Waals surface area contributed by atoms with Gasteiger partial charge >= 0.3 is 12.4 Å². The van der Waals surface area contributed by atoms with E-state index in [0.29, 0.717) is 12.1 Å². The van der Waals surface area contributed by atoms with Gasteiger partial charge in [0.05, 0.1) is 17.2 Å². The normalized spacial score (nSPS) is 14.3. The SMILES string of the molecule is CC(O)COc1cc(C(F)(F)F)cc(C(F)(F)F)c1. The third-order valence-corrected chi connectivity index (χ3v) is 2.05. The summed E-state index contributed by atoms with van der Waals surface area (Å²) in [5, 5.41) is 8.90. The smallest absolute Gasteiger partial charge is 0.416 e. The van der Waals surface area contributed by atoms with Crippen LogP contribution in [0.3, 0.4) is 0 Å². The first-order chi connectivity index (χ1) is 8.50. The number of aliphatic hydroxyl groups excluding tert-OH is 1. The van der Waals surface area contributed by atoms with Gasteiger partial charge in [-0.25, -0.2) is 0 Å². The van der Waals surface area contributed by atoms with Crippen molar-refractivity contribution >= 4 is 0 Å². The Labute approximate surface area is 104 Å². The molecule has 0 aliphatic rings. The summed E-state index contributed by atoms with van der Waals surface area (Å²) < 4.78 is 79.5. The molecular weight excluding hydrogens is 278 g/mol. The Bertz CT molecular complexity index is 404. The van der Waals surface area contributed by atoms with E-state index in [1.807, 2.05) is 0 Å². The van der Waals surface area contributed by atoms with Gasteiger partial charge in [-0.2, -0.15) is 26.3 Å². The van der Waals surface area contributed by atoms with Crippen LogP contribution in [-0.2, 0) is 12.4 Å². The predicted molar refractivity (Wildman–Crippen MR) is 53.6 cm³/mol. The first kappa shape index (κ1) is 15.6. The molecule has 2 nitrogen and oxygen atoms in total. The molecule has 1 aromatic rings. The van der Waals surface area contributed by atoms with Gasteiger partial charge in [-0.15, -0.1) is 0 Å². The van der Waals surface area contributed by atoms with Crippen LogP contribution in [0.5, 0.6) is 5.75 Å². The van der Waals surface area contributed by atoms with Gasteiger partial charge in [-0.3, -0.25) is 0 Å². The van der Waals surface area contributed by atoms with E-state index in [9.17, 15) is 26.3 Å². The molecule has 1 unspecified atom stereocenters. The third kappa shape index (κ3) is 4.62. The van der Waals surface area contributed by atoms with Crippen LogP contribution in [0.15, 0.2) is 18.2 Å². The van der Waals surface area contributed by atoms with Crippen LogP contribution < -0.4 is 4.74 Å². The lowest BCUT2D eigenvalue weighted by atomic mass is 10.1. The molecule has 108 valence electrons. The summed E-state index contributed by atoms with van der Waals surface area (Å²) in [6.07, 6.45) is -10.8. The second kappa shape index (κ2) is 5.28. The van der Waals surface area contributed by atoms with Gasteiger partial charge in [0.15, 0.2) is 0 Å². The van der Waals surface area contributed by atoms with Crippen molar-refractivity contribution in [3.8, 4) is 5.75 Å². The second-order valence-electron chi connectivity index (χ2n) is 3.90. The van der Waals surface area contributed by atoms with E-state index < -0.39 is 41.9 Å². The number of ether oxygens (including phenoxy) is 1. The van der Waals surface area contributed by atoms with Crippen LogP contribution >= 0.6 is 0 Å². The molecule has 1 N–H and O–H groups in total. The zero-order valence-corrected chi connectivity index (χ0v) is 9.64. The summed E-state index contributed by atoms with van der Waals surface area (Å²) in [5.41, 5.74) is -2.91. The minimum absolute atomic E-state index is 0.00916. The molecule has 0 fully saturated rings. The number of halogens is 6. The van der Waals surface area contributed by atoms with Crippen molar-refractivity contribution in [1.82, 2.24) is 0 Å². The van der Waals surface area contributed by atoms with Gasteiger partial charge in [0.1, 0.15) is 12.4 Å². The molecule has 0 radical (unpaired) electrons. The predicted octanol–water partition coefficient (Wildman–Crippen LogP) is 3.48. The number of hydrogen-bond acceptors (Lipinski definition) is 2. The minimum Gasteiger partial charge on any atom is -0.491 e. The van der Waals surface area contributed by atoms with Crippen LogP contribution in [0, 0.1) is 0 Å². The van der Waals surface area contributed by atoms with Crippen LogP contribution in [-0.4, -0.2) is 17.8 Å². The van der Waals surface area contributed by atoms with E-state index in [1.54, 1.807) is 0 Å². The number of hydrogen-bond donors (Lipinski definition) is 1. The fourth-order valence-corrected chi connectivity index (χ4v) is 1.23. The van der Waals surface area contributed by atoms with E-state index >= 15 is 0 Å². The molecule has 0 aliphatic carbocycles. The second-order valence-corrected chi connectivity index (χ2v) is 3.90. The van der Waals surface area contributed by atoms with E-state index in [0.717, 1.165) is 0 Å². The fraction of sp³-hybridized carbons (Fsp3) is 0.455. The molecule has 0 aromatic heterocycles. The summed E-state index contributed by atoms with van der Waals surface area (Å²) >= 11 is 0. The lowest BCUT2D eigenvalue weighted by Gasteiger charge is -2.15. The van der Waals surface area contributed by atoms with Gasteiger partial charge in [-0.05, 0) is 25.1 Å². The molecule has 8 heteroatoms. The molecule has 1 atom stereocenters. The molecule has 0 amide bonds. The van der Waals surface area contributed by atoms with Crippen molar-refractivity contribution in [2.45, 2.75) is 25.4 Å². The lowest BCUT2D eigenvalue weighted by molar-refractivity contribution is -0.143. The highest BCUT2D eigenvalue weighted by atomic mass is 19.4. The van der Waals surface area contributed by atoms with Crippen molar-refractivity contribution in [3.63, 3.8) is 0 Å². The maximum atomic E-state index is 12.5. The maximum absolute atomic E-state index is 12.5. The average Bonchev–Trinajstić information content (AvgIpc) is 2.23. The van der Waals surface area contributed by atoms with E-state index in [2.05, 4.69) is 4.74 Å². The highest BCUT2D eigenvalue weighted by molar-refractivity contribution is 5.37. The number of benzene rings is 1. The van der Waals surface area contributed by atoms with Crippen LogP contribution in [0.1, 0.15) is 18.1 Å². The topological polar surface area (TPSA) is 29.5 Å². The number of rotatable bonds is 3. The van der Waals surface area contributed by atoms with Gasteiger partial charge < -0.3 is 9.84 Å². The molecule has 0 aliphatic heterocycles. The quantitative estimate of drug-likeness (QED) is 0.863. The Morgan fingerprint density at radius 3 is 1.74 bits per heavy atom. The summed E-state index contributed by atoms with van der Waals surface area (Å²) in [5.74, 6) is -0.594. The lowest BCUT2D eigenvalue weighted by Crippen LogP contribution is -2.15. The Morgan fingerprint density at radius 1 is 1.00 bits per heavy atom. The summed E-state index contributed by atoms with van der Waals surface area (Å²) in [7, 11) is 0. The van der Waals surface area contributed by atoms with Crippen molar-refractivity contribution in [2.75, 3.05) is 6.61 Å². The molecule has 0 heterocycles. The number of alkyl halides is 6. The molecule has 0 bridgehead atoms. The monoisotopic (exact) mass is 288 g/mol. The highest BCUT2D eigenvalue weighted by Gasteiger charge is 2.37. The van der Waals surface area contributed by atoms with E-state index in [4.69, 9.17) is 5.11 Å². The minimum atomic E-state index is -4.91. The third-order valence-electron chi connectivity index (χ3n) is 2.05. The molecule has 0 saturated heterocycles. The number of aliphatic hydroxyl groups is 1. The molecule has 19 heavy (non-hydrogen) atoms. The molecule has 0 spiro atoms. The van der Waals surface area contributed by atoms with Crippen molar-refractivity contribution in [1.29, 1.82) is 0 Å². The molecule has 1 aromatic carbocycles. The van der Waals surface area contributed by atoms with Crippen molar-refractivity contribution in [2.24, 2.45) is 0 Å². The molecular formula is C11H10F6O2. The summed E-state index contributed by atoms with van der Waals surface area (Å²) in [6, 6.07) is 0.921. The first-order valence-electron chi connectivity index (χ1n) is 5.10. The van der Waals surface area contributed by atoms with E-state index in [-0.39, 0.29) is 6.07 Å². The van der Waals surface area contributed by atoms with Gasteiger partial charge in [-0.1, -0.05) is 0 Å². The fourth-order valence-electron chi connectivity index (χ4n) is 1.23. The van der Waals surface area contributed by atoms with E-state index in [1.165, 1.54) is 6.92 Å². The zero-order valence-electron chi connectivity index (χ0n) is 9.64.